The lowest BCUT2D eigenvalue weighted by atomic mass is 9.61. The zero-order chi connectivity index (χ0) is 90.1. The van der Waals surface area contributed by atoms with Crippen molar-refractivity contribution in [1.82, 2.24) is 0 Å². The maximum Gasteiger partial charge on any atom is 0.494 e. The quantitative estimate of drug-likeness (QED) is 0.127. The molecular weight excluding hydrogens is 1730 g/mol. The number of nitrogens with zero attached hydrogens (tertiary/aromatic N) is 3. The van der Waals surface area contributed by atoms with Gasteiger partial charge >= 0.3 is 7.12 Å². The first kappa shape index (κ1) is 84.6. The van der Waals surface area contributed by atoms with Crippen LogP contribution in [0.1, 0.15) is 207 Å². The summed E-state index contributed by atoms with van der Waals surface area (Å²) in [4.78, 5) is 8.00. The first-order valence-electron chi connectivity index (χ1n) is 48.3. The monoisotopic (exact) mass is 1850 g/mol. The summed E-state index contributed by atoms with van der Waals surface area (Å²) in [5.74, 6) is 0. The summed E-state index contributed by atoms with van der Waals surface area (Å²) in [5, 5.41) is 5.14. The number of hydrogen-bond donors (Lipinski definition) is 0. The number of rotatable bonds is 10. The van der Waals surface area contributed by atoms with Crippen LogP contribution in [0.25, 0.3) is 66.1 Å². The Bertz CT molecular complexity index is 7120. The zero-order valence-corrected chi connectivity index (χ0v) is 80.8. The molecule has 5 nitrogen and oxygen atoms in total. The van der Waals surface area contributed by atoms with Gasteiger partial charge in [0.25, 0.3) is 0 Å². The third kappa shape index (κ3) is 12.3. The van der Waals surface area contributed by atoms with Crippen LogP contribution >= 0.6 is 31.9 Å². The van der Waals surface area contributed by atoms with E-state index in [0.717, 1.165) is 14.4 Å². The van der Waals surface area contributed by atoms with Crippen molar-refractivity contribution in [2.75, 3.05) is 14.7 Å². The highest BCUT2D eigenvalue weighted by Crippen LogP contribution is 2.68. The minimum atomic E-state index is -0.578. The van der Waals surface area contributed by atoms with E-state index in [0.29, 0.717) is 0 Å². The summed E-state index contributed by atoms with van der Waals surface area (Å²) in [7, 11) is -0.315. The largest absolute Gasteiger partial charge is 0.494 e. The van der Waals surface area contributed by atoms with Gasteiger partial charge in [-0.05, 0) is 317 Å². The van der Waals surface area contributed by atoms with Gasteiger partial charge in [-0.3, -0.25) is 0 Å². The molecule has 0 amide bonds. The van der Waals surface area contributed by atoms with Crippen molar-refractivity contribution < 1.29 is 9.31 Å². The Morgan fingerprint density at radius 2 is 0.576 bits per heavy atom. The van der Waals surface area contributed by atoms with Crippen LogP contribution in [-0.4, -0.2) is 34.9 Å². The van der Waals surface area contributed by atoms with Gasteiger partial charge in [-0.25, -0.2) is 0 Å². The number of anilines is 6. The summed E-state index contributed by atoms with van der Waals surface area (Å²) in [5.41, 5.74) is 33.0. The van der Waals surface area contributed by atoms with Crippen molar-refractivity contribution in [3.63, 3.8) is 0 Å². The average molecular weight is 1850 g/mol. The molecule has 4 fully saturated rings. The Balaban J connectivity index is 0.000000133. The second-order valence-corrected chi connectivity index (χ2v) is 43.2. The molecule has 0 aromatic heterocycles. The number of benzene rings is 16. The van der Waals surface area contributed by atoms with Crippen LogP contribution in [0.3, 0.4) is 0 Å². The minimum absolute atomic E-state index is 0.00440. The van der Waals surface area contributed by atoms with E-state index in [9.17, 15) is 0 Å². The second-order valence-electron chi connectivity index (χ2n) is 41.4. The fraction of sp³-hybridized carbons (Fsp3) is 0.258. The number of fused-ring (bicyclic) bond motifs is 19. The first-order valence-corrected chi connectivity index (χ1v) is 49.9. The lowest BCUT2D eigenvalue weighted by Crippen LogP contribution is -2.54. The molecule has 9 aliphatic rings. The highest BCUT2D eigenvalue weighted by Gasteiger charge is 2.62. The molecule has 132 heavy (non-hydrogen) atoms. The van der Waals surface area contributed by atoms with Crippen LogP contribution in [0.15, 0.2) is 373 Å². The van der Waals surface area contributed by atoms with Crippen molar-refractivity contribution >= 4 is 100 Å². The Morgan fingerprint density at radius 1 is 0.258 bits per heavy atom. The third-order valence-corrected chi connectivity index (χ3v) is 35.7. The normalized spacial score (nSPS) is 23.5. The maximum absolute atomic E-state index is 6.38. The molecule has 0 spiro atoms. The van der Waals surface area contributed by atoms with E-state index < -0.39 is 5.41 Å². The standard InChI is InChI=1S/C69H62N2.C29H18Br2.C26H34BNO2/c1-65-39-19-21-41-67(65,3)70(52-27-13-7-14-28-52)62-37-34-48(44-59(62)65)47-33-36-56-58(43-47)69(50-23-9-5-10-24-50,51-25-11-6-12-26-51)61-46-57(54-31-17-18-32-55(54)64(56)61)49-35-38-63-60(45-49)66(2)40-20-22-42-68(66,4)71(63)53-29-15-8-16-30-53;30-21-15-16-24-25(17-21)29(19-9-3-1-4-10-19,20-11-5-2-6-12-20)26-18-27(31)22-13-7-8-14-23(22)28(24)26;1-23(2)24(3,4)30-27(29-23)19-14-15-22-21(18-19)25(5)16-10-11-17-26(25,6)28(22)20-12-8-7-9-13-20/h5-18,23-38,43-46H,19-22,39-42H2,1-4H3;1-18H;7-9,12-15,18H,10-11,16-17H2,1-6H3. The molecule has 16 aromatic rings. The predicted octanol–water partition coefficient (Wildman–Crippen LogP) is 32.5. The Kier molecular flexibility index (Phi) is 20.2. The molecule has 8 heteroatoms. The topological polar surface area (TPSA) is 28.2 Å². The fourth-order valence-electron chi connectivity index (χ4n) is 26.7. The minimum Gasteiger partial charge on any atom is -0.399 e. The second kappa shape index (κ2) is 31.5. The van der Waals surface area contributed by atoms with Gasteiger partial charge in [-0.1, -0.05) is 358 Å². The van der Waals surface area contributed by atoms with Crippen LogP contribution in [0.5, 0.6) is 0 Å². The van der Waals surface area contributed by atoms with E-state index >= 15 is 0 Å². The van der Waals surface area contributed by atoms with Gasteiger partial charge in [-0.2, -0.15) is 0 Å². The molecule has 6 unspecified atom stereocenters. The fourth-order valence-corrected chi connectivity index (χ4v) is 27.6. The SMILES string of the molecule is Brc1ccc2c(c1)C(c1ccccc1)(c1ccccc1)c1cc(Br)c3ccccc3c1-2.CC1(C)OB(c2ccc3c(c2)C2(C)CCCCC2(C)N3c2ccccc2)OC1(C)C.CC12CCCCC1(C)N(c1ccccc1)c1ccc(-c3ccc4c(c3)C(c3ccccc3)(c3ccccc3)c3cc(-c5ccc6c(c5)C5(C)CCCCC5(C)N6c5ccccc5)c5ccccc5c3-4)cc12. The Labute approximate surface area is 797 Å². The van der Waals surface area contributed by atoms with Gasteiger partial charge in [0.1, 0.15) is 0 Å². The lowest BCUT2D eigenvalue weighted by molar-refractivity contribution is 0.00578. The van der Waals surface area contributed by atoms with Gasteiger partial charge in [-0.15, -0.1) is 0 Å². The third-order valence-electron chi connectivity index (χ3n) is 34.6. The highest BCUT2D eigenvalue weighted by atomic mass is 79.9. The van der Waals surface area contributed by atoms with Crippen molar-refractivity contribution in [3.8, 4) is 44.5 Å². The molecule has 6 atom stereocenters. The predicted molar refractivity (Wildman–Crippen MR) is 559 cm³/mol. The van der Waals surface area contributed by atoms with E-state index in [1.54, 1.807) is 0 Å². The number of hydrogen-bond acceptors (Lipinski definition) is 5. The maximum atomic E-state index is 6.38. The van der Waals surface area contributed by atoms with Gasteiger partial charge in [0.05, 0.1) is 38.6 Å². The van der Waals surface area contributed by atoms with Crippen LogP contribution in [-0.2, 0) is 36.4 Å². The molecule has 654 valence electrons. The van der Waals surface area contributed by atoms with E-state index in [2.05, 4.69) is 480 Å². The highest BCUT2D eigenvalue weighted by molar-refractivity contribution is 9.11. The molecule has 5 aliphatic carbocycles. The van der Waals surface area contributed by atoms with E-state index in [-0.39, 0.29) is 56.6 Å². The molecule has 4 heterocycles. The van der Waals surface area contributed by atoms with E-state index in [1.807, 2.05) is 0 Å². The summed E-state index contributed by atoms with van der Waals surface area (Å²) in [6.45, 7) is 23.6. The van der Waals surface area contributed by atoms with E-state index in [4.69, 9.17) is 9.31 Å². The molecule has 16 aromatic carbocycles. The molecule has 4 aliphatic heterocycles. The van der Waals surface area contributed by atoms with Gasteiger partial charge in [0.2, 0.25) is 0 Å². The molecule has 25 rings (SSSR count). The molecule has 0 N–H and O–H groups in total. The molecule has 0 bridgehead atoms. The molecular formula is C124H114BBr2N3O2. The number of para-hydroxylation sites is 3. The number of halogens is 2. The average Bonchev–Trinajstić information content (AvgIpc) is 1.51. The summed E-state index contributed by atoms with van der Waals surface area (Å²) in [6.07, 6.45) is 14.8. The van der Waals surface area contributed by atoms with Crippen molar-refractivity contribution in [1.29, 1.82) is 0 Å². The summed E-state index contributed by atoms with van der Waals surface area (Å²) in [6, 6.07) is 137. The van der Waals surface area contributed by atoms with Gasteiger partial charge in [0, 0.05) is 59.3 Å². The summed E-state index contributed by atoms with van der Waals surface area (Å²) < 4.78 is 15.0. The van der Waals surface area contributed by atoms with Crippen LogP contribution < -0.4 is 20.2 Å². The first-order chi connectivity index (χ1) is 64.0. The summed E-state index contributed by atoms with van der Waals surface area (Å²) >= 11 is 7.66. The molecule has 1 saturated heterocycles. The van der Waals surface area contributed by atoms with Gasteiger partial charge in [0.15, 0.2) is 0 Å². The van der Waals surface area contributed by atoms with Crippen LogP contribution in [0.2, 0.25) is 0 Å². The van der Waals surface area contributed by atoms with Crippen molar-refractivity contribution in [2.24, 2.45) is 0 Å². The smallest absolute Gasteiger partial charge is 0.399 e. The molecule has 3 saturated carbocycles. The van der Waals surface area contributed by atoms with E-state index in [1.165, 1.54) is 238 Å². The van der Waals surface area contributed by atoms with Gasteiger partial charge < -0.3 is 24.0 Å². The van der Waals surface area contributed by atoms with Crippen LogP contribution in [0, 0.1) is 0 Å². The van der Waals surface area contributed by atoms with Crippen molar-refractivity contribution in [3.05, 3.63) is 434 Å². The van der Waals surface area contributed by atoms with Crippen LogP contribution in [0.4, 0.5) is 34.1 Å². The Morgan fingerprint density at radius 3 is 1.01 bits per heavy atom. The lowest BCUT2D eigenvalue weighted by Gasteiger charge is -2.50. The molecule has 0 radical (unpaired) electrons. The Hall–Kier alpha value is -11.6. The zero-order valence-electron chi connectivity index (χ0n) is 77.6. The van der Waals surface area contributed by atoms with Crippen molar-refractivity contribution in [2.45, 2.75) is 201 Å².